The predicted molar refractivity (Wildman–Crippen MR) is 124 cm³/mol. The van der Waals surface area contributed by atoms with Gasteiger partial charge in [0.25, 0.3) is 0 Å². The summed E-state index contributed by atoms with van der Waals surface area (Å²) in [4.78, 5) is 13.7. The molecule has 0 atom stereocenters. The fourth-order valence-electron chi connectivity index (χ4n) is 3.81. The van der Waals surface area contributed by atoms with Gasteiger partial charge in [0.1, 0.15) is 11.3 Å². The average molecular weight is 426 g/mol. The highest BCUT2D eigenvalue weighted by atomic mass is 32.2. The summed E-state index contributed by atoms with van der Waals surface area (Å²) in [5.41, 5.74) is 2.20. The van der Waals surface area contributed by atoms with Gasteiger partial charge in [-0.3, -0.25) is 4.79 Å². The summed E-state index contributed by atoms with van der Waals surface area (Å²) in [6, 6.07) is 27.4. The Morgan fingerprint density at radius 3 is 2.10 bits per heavy atom. The standard InChI is InChI=1S/C26H18O4S/c1-31(28,29)21-14-12-18(13-15-21)26-24(25(27)22-8-4-5-9-23(22)30-26)20-11-10-17-6-2-3-7-19(17)16-20/h2-16H,1H3. The molecule has 0 bridgehead atoms. The number of sulfone groups is 1. The summed E-state index contributed by atoms with van der Waals surface area (Å²) >= 11 is 0. The quantitative estimate of drug-likeness (QED) is 0.372. The third kappa shape index (κ3) is 3.43. The lowest BCUT2D eigenvalue weighted by Crippen LogP contribution is -2.07. The highest BCUT2D eigenvalue weighted by molar-refractivity contribution is 7.90. The summed E-state index contributed by atoms with van der Waals surface area (Å²) in [5.74, 6) is 0.416. The van der Waals surface area contributed by atoms with Crippen LogP contribution in [0.2, 0.25) is 0 Å². The first-order valence-corrected chi connectivity index (χ1v) is 11.7. The summed E-state index contributed by atoms with van der Waals surface area (Å²) in [6.45, 7) is 0. The lowest BCUT2D eigenvalue weighted by Gasteiger charge is -2.12. The molecule has 0 radical (unpaired) electrons. The zero-order chi connectivity index (χ0) is 21.6. The number of hydrogen-bond donors (Lipinski definition) is 0. The number of fused-ring (bicyclic) bond motifs is 2. The van der Waals surface area contributed by atoms with Crippen LogP contribution < -0.4 is 5.43 Å². The molecule has 152 valence electrons. The molecular weight excluding hydrogens is 408 g/mol. The van der Waals surface area contributed by atoms with Crippen LogP contribution in [0.25, 0.3) is 44.2 Å². The van der Waals surface area contributed by atoms with Crippen molar-refractivity contribution in [2.24, 2.45) is 0 Å². The van der Waals surface area contributed by atoms with E-state index >= 15 is 0 Å². The van der Waals surface area contributed by atoms with Crippen molar-refractivity contribution in [3.05, 3.63) is 101 Å². The van der Waals surface area contributed by atoms with Crippen molar-refractivity contribution in [3.63, 3.8) is 0 Å². The maximum atomic E-state index is 13.5. The van der Waals surface area contributed by atoms with Crippen molar-refractivity contribution < 1.29 is 12.8 Å². The molecule has 0 saturated carbocycles. The van der Waals surface area contributed by atoms with E-state index in [1.165, 1.54) is 18.4 Å². The molecule has 0 N–H and O–H groups in total. The van der Waals surface area contributed by atoms with Crippen LogP contribution in [0.15, 0.2) is 105 Å². The summed E-state index contributed by atoms with van der Waals surface area (Å²) in [7, 11) is -3.32. The second kappa shape index (κ2) is 7.22. The normalized spacial score (nSPS) is 11.8. The predicted octanol–water partition coefficient (Wildman–Crippen LogP) is 5.68. The van der Waals surface area contributed by atoms with Gasteiger partial charge in [-0.1, -0.05) is 48.5 Å². The lowest BCUT2D eigenvalue weighted by atomic mass is 9.96. The van der Waals surface area contributed by atoms with Crippen molar-refractivity contribution >= 4 is 31.6 Å². The van der Waals surface area contributed by atoms with Crippen LogP contribution in [0.1, 0.15) is 0 Å². The second-order valence-electron chi connectivity index (χ2n) is 7.49. The maximum absolute atomic E-state index is 13.5. The van der Waals surface area contributed by atoms with Crippen molar-refractivity contribution in [3.8, 4) is 22.5 Å². The second-order valence-corrected chi connectivity index (χ2v) is 9.51. The molecule has 0 unspecified atom stereocenters. The van der Waals surface area contributed by atoms with Gasteiger partial charge in [-0.25, -0.2) is 8.42 Å². The first kappa shape index (κ1) is 19.3. The van der Waals surface area contributed by atoms with Gasteiger partial charge in [0.05, 0.1) is 15.8 Å². The molecule has 31 heavy (non-hydrogen) atoms. The molecule has 5 aromatic rings. The minimum atomic E-state index is -3.32. The average Bonchev–Trinajstić information content (AvgIpc) is 2.78. The van der Waals surface area contributed by atoms with Crippen LogP contribution in [-0.2, 0) is 9.84 Å². The van der Waals surface area contributed by atoms with E-state index in [9.17, 15) is 13.2 Å². The van der Waals surface area contributed by atoms with Crippen LogP contribution in [0, 0.1) is 0 Å². The van der Waals surface area contributed by atoms with Gasteiger partial charge in [0.2, 0.25) is 5.43 Å². The Balaban J connectivity index is 1.82. The maximum Gasteiger partial charge on any atom is 0.201 e. The molecule has 0 fully saturated rings. The Morgan fingerprint density at radius 2 is 1.35 bits per heavy atom. The Bertz CT molecular complexity index is 1610. The number of para-hydroxylation sites is 1. The molecule has 0 aliphatic heterocycles. The fraction of sp³-hybridized carbons (Fsp3) is 0.0385. The van der Waals surface area contributed by atoms with Crippen LogP contribution >= 0.6 is 0 Å². The minimum Gasteiger partial charge on any atom is -0.455 e. The highest BCUT2D eigenvalue weighted by Crippen LogP contribution is 2.34. The first-order valence-electron chi connectivity index (χ1n) is 9.77. The van der Waals surface area contributed by atoms with E-state index in [1.54, 1.807) is 24.3 Å². The first-order chi connectivity index (χ1) is 14.9. The molecule has 4 nitrogen and oxygen atoms in total. The van der Waals surface area contributed by atoms with Crippen molar-refractivity contribution in [1.82, 2.24) is 0 Å². The molecule has 0 spiro atoms. The van der Waals surface area contributed by atoms with Gasteiger partial charge in [-0.15, -0.1) is 0 Å². The van der Waals surface area contributed by atoms with E-state index < -0.39 is 9.84 Å². The van der Waals surface area contributed by atoms with Crippen molar-refractivity contribution in [2.75, 3.05) is 6.26 Å². The summed E-state index contributed by atoms with van der Waals surface area (Å²) in [6.07, 6.45) is 1.17. The minimum absolute atomic E-state index is 0.126. The van der Waals surface area contributed by atoms with E-state index in [0.29, 0.717) is 27.9 Å². The summed E-state index contributed by atoms with van der Waals surface area (Å²) in [5, 5.41) is 2.60. The van der Waals surface area contributed by atoms with Gasteiger partial charge < -0.3 is 4.42 Å². The number of rotatable bonds is 3. The topological polar surface area (TPSA) is 64.3 Å². The third-order valence-corrected chi connectivity index (χ3v) is 6.51. The lowest BCUT2D eigenvalue weighted by molar-refractivity contribution is 0.601. The van der Waals surface area contributed by atoms with Gasteiger partial charge >= 0.3 is 0 Å². The molecular formula is C26H18O4S. The van der Waals surface area contributed by atoms with Gasteiger partial charge in [-0.05, 0) is 58.8 Å². The zero-order valence-electron chi connectivity index (χ0n) is 16.7. The largest absolute Gasteiger partial charge is 0.455 e. The van der Waals surface area contributed by atoms with E-state index in [-0.39, 0.29) is 10.3 Å². The Kier molecular flexibility index (Phi) is 4.49. The molecule has 5 rings (SSSR count). The van der Waals surface area contributed by atoms with Crippen LogP contribution in [0.4, 0.5) is 0 Å². The molecule has 1 aromatic heterocycles. The molecule has 1 heterocycles. The molecule has 0 aliphatic rings. The van der Waals surface area contributed by atoms with Crippen molar-refractivity contribution in [1.29, 1.82) is 0 Å². The van der Waals surface area contributed by atoms with E-state index in [4.69, 9.17) is 4.42 Å². The molecule has 5 heteroatoms. The Morgan fingerprint density at radius 1 is 0.710 bits per heavy atom. The Hall–Kier alpha value is -3.70. The SMILES string of the molecule is CS(=O)(=O)c1ccc(-c2oc3ccccc3c(=O)c2-c2ccc3ccccc3c2)cc1. The number of benzene rings is 4. The monoisotopic (exact) mass is 426 g/mol. The molecule has 0 saturated heterocycles. The Labute approximate surface area is 179 Å². The molecule has 4 aromatic carbocycles. The molecule has 0 aliphatic carbocycles. The van der Waals surface area contributed by atoms with Gasteiger partial charge in [0, 0.05) is 11.8 Å². The van der Waals surface area contributed by atoms with Crippen LogP contribution in [-0.4, -0.2) is 14.7 Å². The summed E-state index contributed by atoms with van der Waals surface area (Å²) < 4.78 is 29.9. The number of hydrogen-bond acceptors (Lipinski definition) is 4. The van der Waals surface area contributed by atoms with E-state index in [0.717, 1.165) is 16.3 Å². The zero-order valence-corrected chi connectivity index (χ0v) is 17.5. The highest BCUT2D eigenvalue weighted by Gasteiger charge is 2.19. The van der Waals surface area contributed by atoms with Crippen molar-refractivity contribution in [2.45, 2.75) is 4.90 Å². The van der Waals surface area contributed by atoms with E-state index in [1.807, 2.05) is 54.6 Å². The van der Waals surface area contributed by atoms with Crippen LogP contribution in [0.5, 0.6) is 0 Å². The third-order valence-electron chi connectivity index (χ3n) is 5.38. The van der Waals surface area contributed by atoms with Gasteiger partial charge in [0.15, 0.2) is 9.84 Å². The van der Waals surface area contributed by atoms with Gasteiger partial charge in [-0.2, -0.15) is 0 Å². The fourth-order valence-corrected chi connectivity index (χ4v) is 4.44. The van der Waals surface area contributed by atoms with E-state index in [2.05, 4.69) is 0 Å². The van der Waals surface area contributed by atoms with Crippen LogP contribution in [0.3, 0.4) is 0 Å². The molecule has 0 amide bonds. The smallest absolute Gasteiger partial charge is 0.201 e.